The van der Waals surface area contributed by atoms with E-state index in [4.69, 9.17) is 23.2 Å². The quantitative estimate of drug-likeness (QED) is 0.716. The molecule has 0 saturated carbocycles. The van der Waals surface area contributed by atoms with Crippen molar-refractivity contribution < 1.29 is 4.39 Å². The molecule has 1 N–H and O–H groups in total. The summed E-state index contributed by atoms with van der Waals surface area (Å²) in [5.41, 5.74) is 1.82. The Kier molecular flexibility index (Phi) is 5.44. The van der Waals surface area contributed by atoms with Crippen LogP contribution < -0.4 is 5.32 Å². The van der Waals surface area contributed by atoms with E-state index in [9.17, 15) is 4.39 Å². The molecule has 0 radical (unpaired) electrons. The fourth-order valence-corrected chi connectivity index (χ4v) is 2.86. The third-order valence-corrected chi connectivity index (χ3v) is 4.37. The van der Waals surface area contributed by atoms with Gasteiger partial charge in [0.05, 0.1) is 0 Å². The van der Waals surface area contributed by atoms with Crippen molar-refractivity contribution in [2.75, 3.05) is 0 Å². The van der Waals surface area contributed by atoms with Gasteiger partial charge in [0.1, 0.15) is 5.82 Å². The molecular weight excluding hydrogens is 364 g/mol. The highest BCUT2D eigenvalue weighted by molar-refractivity contribution is 9.10. The molecule has 5 heteroatoms. The maximum Gasteiger partial charge on any atom is 0.123 e. The molecule has 0 fully saturated rings. The van der Waals surface area contributed by atoms with Crippen LogP contribution in [0.15, 0.2) is 40.9 Å². The molecule has 0 aliphatic rings. The molecule has 106 valence electrons. The van der Waals surface area contributed by atoms with Gasteiger partial charge in [-0.05, 0) is 48.4 Å². The first kappa shape index (κ1) is 15.8. The van der Waals surface area contributed by atoms with Crippen molar-refractivity contribution in [1.82, 2.24) is 5.32 Å². The van der Waals surface area contributed by atoms with Gasteiger partial charge in [-0.1, -0.05) is 45.2 Å². The molecule has 1 unspecified atom stereocenters. The molecule has 2 rings (SSSR count). The van der Waals surface area contributed by atoms with Crippen molar-refractivity contribution in [3.63, 3.8) is 0 Å². The Morgan fingerprint density at radius 1 is 1.20 bits per heavy atom. The normalized spacial score (nSPS) is 12.4. The third-order valence-electron chi connectivity index (χ3n) is 3.04. The summed E-state index contributed by atoms with van der Waals surface area (Å²) in [5.74, 6) is -0.248. The van der Waals surface area contributed by atoms with Crippen molar-refractivity contribution in [2.45, 2.75) is 19.5 Å². The van der Waals surface area contributed by atoms with Crippen LogP contribution in [0.1, 0.15) is 24.1 Å². The summed E-state index contributed by atoms with van der Waals surface area (Å²) in [6.07, 6.45) is 0. The van der Waals surface area contributed by atoms with Crippen LogP contribution in [0.4, 0.5) is 4.39 Å². The van der Waals surface area contributed by atoms with Crippen LogP contribution in [-0.4, -0.2) is 0 Å². The minimum Gasteiger partial charge on any atom is -0.306 e. The van der Waals surface area contributed by atoms with Gasteiger partial charge in [0, 0.05) is 27.1 Å². The number of halogens is 4. The van der Waals surface area contributed by atoms with Crippen LogP contribution in [0.3, 0.4) is 0 Å². The molecular formula is C15H13BrCl2FN. The van der Waals surface area contributed by atoms with Gasteiger partial charge in [0.25, 0.3) is 0 Å². The molecule has 0 bridgehead atoms. The van der Waals surface area contributed by atoms with E-state index in [1.54, 1.807) is 18.2 Å². The van der Waals surface area contributed by atoms with Crippen LogP contribution >= 0.6 is 39.1 Å². The molecule has 0 aromatic heterocycles. The summed E-state index contributed by atoms with van der Waals surface area (Å²) in [6, 6.07) is 10.1. The summed E-state index contributed by atoms with van der Waals surface area (Å²) in [5, 5.41) is 4.55. The van der Waals surface area contributed by atoms with Gasteiger partial charge >= 0.3 is 0 Å². The lowest BCUT2D eigenvalue weighted by atomic mass is 10.1. The van der Waals surface area contributed by atoms with Gasteiger partial charge in [0.15, 0.2) is 0 Å². The predicted octanol–water partition coefficient (Wildman–Crippen LogP) is 5.75. The van der Waals surface area contributed by atoms with Crippen LogP contribution in [0, 0.1) is 5.82 Å². The summed E-state index contributed by atoms with van der Waals surface area (Å²) in [7, 11) is 0. The van der Waals surface area contributed by atoms with Gasteiger partial charge in [-0.25, -0.2) is 4.39 Å². The number of hydrogen-bond donors (Lipinski definition) is 1. The lowest BCUT2D eigenvalue weighted by Crippen LogP contribution is -2.18. The maximum absolute atomic E-state index is 13.2. The summed E-state index contributed by atoms with van der Waals surface area (Å²) >= 11 is 15.5. The van der Waals surface area contributed by atoms with Crippen LogP contribution in [0.2, 0.25) is 10.0 Å². The standard InChI is InChI=1S/C15H13BrCl2FN/c1-9(13-4-2-11(17)7-15(13)18)20-8-10-6-12(19)3-5-14(10)16/h2-7,9,20H,8H2,1H3. The Bertz CT molecular complexity index is 619. The fraction of sp³-hybridized carbons (Fsp3) is 0.200. The van der Waals surface area contributed by atoms with Gasteiger partial charge in [-0.15, -0.1) is 0 Å². The second-order valence-corrected chi connectivity index (χ2v) is 6.20. The number of hydrogen-bond acceptors (Lipinski definition) is 1. The lowest BCUT2D eigenvalue weighted by molar-refractivity contribution is 0.568. The van der Waals surface area contributed by atoms with Crippen molar-refractivity contribution in [2.24, 2.45) is 0 Å². The first-order chi connectivity index (χ1) is 9.47. The Hall–Kier alpha value is -0.610. The lowest BCUT2D eigenvalue weighted by Gasteiger charge is -2.16. The summed E-state index contributed by atoms with van der Waals surface area (Å²) < 4.78 is 14.1. The van der Waals surface area contributed by atoms with Crippen molar-refractivity contribution >= 4 is 39.1 Å². The van der Waals surface area contributed by atoms with E-state index in [1.165, 1.54) is 12.1 Å². The molecule has 0 heterocycles. The molecule has 0 aliphatic carbocycles. The zero-order valence-electron chi connectivity index (χ0n) is 10.8. The smallest absolute Gasteiger partial charge is 0.123 e. The van der Waals surface area contributed by atoms with E-state index in [0.717, 1.165) is 15.6 Å². The first-order valence-corrected chi connectivity index (χ1v) is 7.64. The van der Waals surface area contributed by atoms with E-state index < -0.39 is 0 Å². The second kappa shape index (κ2) is 6.90. The maximum atomic E-state index is 13.2. The first-order valence-electron chi connectivity index (χ1n) is 6.09. The Labute approximate surface area is 136 Å². The van der Waals surface area contributed by atoms with E-state index in [-0.39, 0.29) is 11.9 Å². The zero-order chi connectivity index (χ0) is 14.7. The zero-order valence-corrected chi connectivity index (χ0v) is 13.9. The van der Waals surface area contributed by atoms with Gasteiger partial charge in [-0.3, -0.25) is 0 Å². The molecule has 2 aromatic rings. The second-order valence-electron chi connectivity index (χ2n) is 4.50. The van der Waals surface area contributed by atoms with Gasteiger partial charge in [-0.2, -0.15) is 0 Å². The van der Waals surface area contributed by atoms with E-state index >= 15 is 0 Å². The van der Waals surface area contributed by atoms with Crippen molar-refractivity contribution in [3.05, 3.63) is 67.9 Å². The molecule has 0 amide bonds. The van der Waals surface area contributed by atoms with Crippen molar-refractivity contribution in [1.29, 1.82) is 0 Å². The van der Waals surface area contributed by atoms with E-state index in [0.29, 0.717) is 16.6 Å². The number of rotatable bonds is 4. The Morgan fingerprint density at radius 3 is 2.65 bits per heavy atom. The molecule has 0 aliphatic heterocycles. The number of benzene rings is 2. The molecule has 1 atom stereocenters. The number of nitrogens with one attached hydrogen (secondary N) is 1. The van der Waals surface area contributed by atoms with Gasteiger partial charge in [0.2, 0.25) is 0 Å². The fourth-order valence-electron chi connectivity index (χ4n) is 1.90. The molecule has 0 saturated heterocycles. The van der Waals surface area contributed by atoms with E-state index in [1.807, 2.05) is 13.0 Å². The Balaban J connectivity index is 2.08. The molecule has 20 heavy (non-hydrogen) atoms. The average Bonchev–Trinajstić information content (AvgIpc) is 2.39. The van der Waals surface area contributed by atoms with Crippen LogP contribution in [0.25, 0.3) is 0 Å². The largest absolute Gasteiger partial charge is 0.306 e. The SMILES string of the molecule is CC(NCc1cc(F)ccc1Br)c1ccc(Cl)cc1Cl. The average molecular weight is 377 g/mol. The minimum atomic E-state index is -0.248. The van der Waals surface area contributed by atoms with E-state index in [2.05, 4.69) is 21.2 Å². The highest BCUT2D eigenvalue weighted by Crippen LogP contribution is 2.27. The van der Waals surface area contributed by atoms with Crippen molar-refractivity contribution in [3.8, 4) is 0 Å². The highest BCUT2D eigenvalue weighted by Gasteiger charge is 2.10. The highest BCUT2D eigenvalue weighted by atomic mass is 79.9. The molecule has 0 spiro atoms. The Morgan fingerprint density at radius 2 is 1.95 bits per heavy atom. The summed E-state index contributed by atoms with van der Waals surface area (Å²) in [4.78, 5) is 0. The monoisotopic (exact) mass is 375 g/mol. The topological polar surface area (TPSA) is 12.0 Å². The summed E-state index contributed by atoms with van der Waals surface area (Å²) in [6.45, 7) is 2.54. The minimum absolute atomic E-state index is 0.0370. The molecule has 2 aromatic carbocycles. The molecule has 1 nitrogen and oxygen atoms in total. The third kappa shape index (κ3) is 3.95. The van der Waals surface area contributed by atoms with Gasteiger partial charge < -0.3 is 5.32 Å². The van der Waals surface area contributed by atoms with Crippen LogP contribution in [-0.2, 0) is 6.54 Å². The predicted molar refractivity (Wildman–Crippen MR) is 85.8 cm³/mol. The van der Waals surface area contributed by atoms with Crippen LogP contribution in [0.5, 0.6) is 0 Å².